The van der Waals surface area contributed by atoms with E-state index in [-0.39, 0.29) is 0 Å². The van der Waals surface area contributed by atoms with Gasteiger partial charge in [0.1, 0.15) is 0 Å². The fourth-order valence-corrected chi connectivity index (χ4v) is 3.70. The van der Waals surface area contributed by atoms with Gasteiger partial charge in [-0.2, -0.15) is 0 Å². The second kappa shape index (κ2) is 27.0. The average Bonchev–Trinajstić information content (AvgIpc) is 2.68. The zero-order valence-electron chi connectivity index (χ0n) is 20.1. The van der Waals surface area contributed by atoms with Crippen molar-refractivity contribution in [2.24, 2.45) is 0 Å². The quantitative estimate of drug-likeness (QED) is 0.157. The standard InChI is InChI=1S/C24H51N.4O.Re/c1-3-5-7-9-11-13-15-17-19-21-23-25-24-22-20-18-16-14-12-10-8-6-4-2;;;;;/h25H,3-24H2,1-2H3;;;;;/q;;;;-1;/p+1. The van der Waals surface area contributed by atoms with Crippen molar-refractivity contribution in [2.45, 2.75) is 142 Å². The van der Waals surface area contributed by atoms with Crippen LogP contribution >= 0.6 is 0 Å². The van der Waals surface area contributed by atoms with Crippen molar-refractivity contribution in [2.75, 3.05) is 13.1 Å². The van der Waals surface area contributed by atoms with E-state index in [0.717, 1.165) is 0 Å². The molecule has 0 aromatic carbocycles. The predicted molar refractivity (Wildman–Crippen MR) is 117 cm³/mol. The summed E-state index contributed by atoms with van der Waals surface area (Å²) >= 11 is -6.11. The van der Waals surface area contributed by atoms with Crippen LogP contribution in [0.2, 0.25) is 0 Å². The Morgan fingerprint density at radius 2 is 0.667 bits per heavy atom. The van der Waals surface area contributed by atoms with Crippen molar-refractivity contribution in [1.82, 2.24) is 0 Å². The molecule has 0 saturated carbocycles. The third-order valence-electron chi connectivity index (χ3n) is 5.52. The number of hydrogen-bond acceptors (Lipinski definition) is 4. The number of quaternary nitrogens is 1. The van der Waals surface area contributed by atoms with Crippen LogP contribution in [0.4, 0.5) is 0 Å². The molecule has 2 N–H and O–H groups in total. The summed E-state index contributed by atoms with van der Waals surface area (Å²) in [5.41, 5.74) is 0. The molecule has 0 aliphatic heterocycles. The predicted octanol–water partition coefficient (Wildman–Crippen LogP) is 5.84. The minimum atomic E-state index is -6.11. The van der Waals surface area contributed by atoms with Crippen LogP contribution in [0.1, 0.15) is 142 Å². The van der Waals surface area contributed by atoms with Gasteiger partial charge in [0.05, 0.1) is 13.1 Å². The van der Waals surface area contributed by atoms with E-state index in [2.05, 4.69) is 19.2 Å². The molecule has 6 heteroatoms. The molecular formula is C24H52NO4Re. The molecule has 0 aromatic heterocycles. The molecule has 0 rings (SSSR count). The van der Waals surface area contributed by atoms with E-state index in [1.54, 1.807) is 0 Å². The molecule has 0 fully saturated rings. The van der Waals surface area contributed by atoms with Gasteiger partial charge >= 0.3 is 30.0 Å². The third-order valence-corrected chi connectivity index (χ3v) is 5.52. The number of nitrogens with two attached hydrogens (primary N) is 1. The van der Waals surface area contributed by atoms with Gasteiger partial charge in [-0.15, -0.1) is 0 Å². The summed E-state index contributed by atoms with van der Waals surface area (Å²) in [5.74, 6) is 0. The molecule has 0 aliphatic carbocycles. The van der Waals surface area contributed by atoms with Crippen molar-refractivity contribution < 1.29 is 35.3 Å². The van der Waals surface area contributed by atoms with Crippen molar-refractivity contribution in [3.05, 3.63) is 0 Å². The van der Waals surface area contributed by atoms with Crippen LogP contribution in [0.25, 0.3) is 0 Å². The van der Waals surface area contributed by atoms with Crippen LogP contribution in [-0.4, -0.2) is 13.1 Å². The van der Waals surface area contributed by atoms with Gasteiger partial charge in [0.2, 0.25) is 0 Å². The van der Waals surface area contributed by atoms with Crippen LogP contribution in [-0.2, 0) is 26.2 Å². The summed E-state index contributed by atoms with van der Waals surface area (Å²) in [6.07, 6.45) is 29.1. The number of rotatable bonds is 22. The van der Waals surface area contributed by atoms with Crippen LogP contribution in [0.3, 0.4) is 0 Å². The molecule has 0 radical (unpaired) electrons. The Kier molecular flexibility index (Phi) is 29.0. The van der Waals surface area contributed by atoms with E-state index >= 15 is 0 Å². The van der Waals surface area contributed by atoms with Crippen molar-refractivity contribution >= 4 is 0 Å². The van der Waals surface area contributed by atoms with Gasteiger partial charge in [-0.3, -0.25) is 0 Å². The summed E-state index contributed by atoms with van der Waals surface area (Å²) < 4.78 is 34.6. The normalized spacial score (nSPS) is 11.3. The molecule has 0 spiro atoms. The molecule has 5 nitrogen and oxygen atoms in total. The Balaban J connectivity index is 0. The maximum absolute atomic E-state index is 8.64. The second-order valence-corrected chi connectivity index (χ2v) is 11.3. The molecule has 30 heavy (non-hydrogen) atoms. The summed E-state index contributed by atoms with van der Waals surface area (Å²) in [7, 11) is 0. The molecule has 184 valence electrons. The molecule has 0 aromatic rings. The first-order valence-corrected chi connectivity index (χ1v) is 17.3. The Morgan fingerprint density at radius 3 is 0.900 bits per heavy atom. The summed E-state index contributed by atoms with van der Waals surface area (Å²) in [6.45, 7) is 7.34. The van der Waals surface area contributed by atoms with Gasteiger partial charge < -0.3 is 5.32 Å². The molecule has 0 aliphatic rings. The minimum absolute atomic E-state index is 1.37. The Hall–Kier alpha value is -0.0177. The van der Waals surface area contributed by atoms with Gasteiger partial charge in [0, 0.05) is 0 Å². The number of hydrogen-bond donors (Lipinski definition) is 1. The van der Waals surface area contributed by atoms with E-state index in [1.807, 2.05) is 0 Å². The van der Waals surface area contributed by atoms with E-state index in [1.165, 1.54) is 142 Å². The molecule has 0 atom stereocenters. The van der Waals surface area contributed by atoms with Crippen LogP contribution in [0, 0.1) is 0 Å². The first-order valence-electron chi connectivity index (χ1n) is 12.8. The van der Waals surface area contributed by atoms with Crippen molar-refractivity contribution in [3.63, 3.8) is 0 Å². The monoisotopic (exact) mass is 605 g/mol. The second-order valence-electron chi connectivity index (χ2n) is 8.61. The van der Waals surface area contributed by atoms with Gasteiger partial charge in [-0.1, -0.05) is 117 Å². The maximum atomic E-state index is 8.64. The first kappa shape index (κ1) is 32.2. The zero-order chi connectivity index (χ0) is 22.8. The van der Waals surface area contributed by atoms with E-state index in [4.69, 9.17) is 14.2 Å². The zero-order valence-corrected chi connectivity index (χ0v) is 22.9. The van der Waals surface area contributed by atoms with E-state index in [0.29, 0.717) is 0 Å². The summed E-state index contributed by atoms with van der Waals surface area (Å²) in [4.78, 5) is 0. The Labute approximate surface area is 190 Å². The van der Waals surface area contributed by atoms with Crippen molar-refractivity contribution in [3.8, 4) is 0 Å². The fourth-order valence-electron chi connectivity index (χ4n) is 3.70. The first-order chi connectivity index (χ1) is 14.4. The summed E-state index contributed by atoms with van der Waals surface area (Å²) in [5, 5.41) is 2.56. The Bertz CT molecular complexity index is 424. The fraction of sp³-hybridized carbons (Fsp3) is 1.00. The Morgan fingerprint density at radius 1 is 0.467 bits per heavy atom. The molecule has 0 unspecified atom stereocenters. The van der Waals surface area contributed by atoms with Crippen LogP contribution < -0.4 is 9.15 Å². The SMILES string of the molecule is CCCCCCCCCCCC[NH2+]CCCCCCCCCCCC.[O]=[Re](=[O])(=[O])[O-]. The van der Waals surface area contributed by atoms with Gasteiger partial charge in [-0.05, 0) is 25.7 Å². The van der Waals surface area contributed by atoms with Crippen LogP contribution in [0.15, 0.2) is 0 Å². The molecule has 0 bridgehead atoms. The molecule has 0 heterocycles. The van der Waals surface area contributed by atoms with Gasteiger partial charge in [-0.25, -0.2) is 0 Å². The average molecular weight is 605 g/mol. The summed E-state index contributed by atoms with van der Waals surface area (Å²) in [6, 6.07) is 0. The third kappa shape index (κ3) is 42.2. The van der Waals surface area contributed by atoms with Gasteiger partial charge in [0.15, 0.2) is 0 Å². The van der Waals surface area contributed by atoms with Crippen molar-refractivity contribution in [1.29, 1.82) is 0 Å². The molecule has 0 saturated heterocycles. The topological polar surface area (TPSA) is 90.9 Å². The number of unbranched alkanes of at least 4 members (excludes halogenated alkanes) is 18. The molecule has 0 amide bonds. The van der Waals surface area contributed by atoms with E-state index < -0.39 is 15.8 Å². The van der Waals surface area contributed by atoms with E-state index in [9.17, 15) is 0 Å². The van der Waals surface area contributed by atoms with Crippen LogP contribution in [0.5, 0.6) is 0 Å². The molecular weight excluding hydrogens is 552 g/mol. The van der Waals surface area contributed by atoms with Gasteiger partial charge in [0.25, 0.3) is 0 Å².